The first-order valence-corrected chi connectivity index (χ1v) is 2.06. The zero-order valence-corrected chi connectivity index (χ0v) is 4.79. The summed E-state index contributed by atoms with van der Waals surface area (Å²) < 4.78 is 4.06. The van der Waals surface area contributed by atoms with Crippen LogP contribution in [0, 0.1) is 6.57 Å². The average Bonchev–Trinajstić information content (AvgIpc) is 1.87. The highest BCUT2D eigenvalue weighted by Gasteiger charge is 2.03. The largest absolute Gasteiger partial charge is 0.514 e. The van der Waals surface area contributed by atoms with E-state index < -0.39 is 11.7 Å². The van der Waals surface area contributed by atoms with Gasteiger partial charge in [0.25, 0.3) is 0 Å². The lowest BCUT2D eigenvalue weighted by atomic mass is 10.5. The van der Waals surface area contributed by atoms with Crippen LogP contribution in [-0.4, -0.2) is 18.2 Å². The molecule has 4 nitrogen and oxygen atoms in total. The first-order valence-electron chi connectivity index (χ1n) is 2.06. The van der Waals surface area contributed by atoms with Crippen molar-refractivity contribution in [1.29, 1.82) is 0 Å². The standard InChI is InChI=1S/C5H5NO3/c1-6-3-4(7)5(8)9-2/h3,7H,2H3/b4-3-. The number of rotatable bonds is 1. The molecule has 0 saturated heterocycles. The normalized spacial score (nSPS) is 10.0. The third-order valence-corrected chi connectivity index (χ3v) is 0.581. The molecule has 0 fully saturated rings. The highest BCUT2D eigenvalue weighted by atomic mass is 16.5. The van der Waals surface area contributed by atoms with Crippen molar-refractivity contribution in [1.82, 2.24) is 0 Å². The van der Waals surface area contributed by atoms with Gasteiger partial charge >= 0.3 is 5.97 Å². The van der Waals surface area contributed by atoms with Gasteiger partial charge in [0.15, 0.2) is 0 Å². The number of esters is 1. The van der Waals surface area contributed by atoms with Gasteiger partial charge in [-0.2, -0.15) is 0 Å². The fourth-order valence-electron chi connectivity index (χ4n) is 0.218. The molecular weight excluding hydrogens is 122 g/mol. The molecule has 9 heavy (non-hydrogen) atoms. The fourth-order valence-corrected chi connectivity index (χ4v) is 0.218. The molecule has 0 radical (unpaired) electrons. The van der Waals surface area contributed by atoms with Crippen molar-refractivity contribution in [2.24, 2.45) is 0 Å². The van der Waals surface area contributed by atoms with E-state index in [-0.39, 0.29) is 0 Å². The Bertz CT molecular complexity index is 177. The van der Waals surface area contributed by atoms with Gasteiger partial charge in [-0.3, -0.25) is 0 Å². The number of hydrogen-bond acceptors (Lipinski definition) is 3. The van der Waals surface area contributed by atoms with Gasteiger partial charge in [0.1, 0.15) is 0 Å². The van der Waals surface area contributed by atoms with Crippen LogP contribution in [0.3, 0.4) is 0 Å². The SMILES string of the molecule is [C-]#[N+]/C=C(\O)C(=O)OC. The second kappa shape index (κ2) is 3.50. The smallest absolute Gasteiger partial charge is 0.361 e. The van der Waals surface area contributed by atoms with Crippen LogP contribution < -0.4 is 0 Å². The molecule has 4 heteroatoms. The number of methoxy groups -OCH3 is 1. The molecule has 0 bridgehead atoms. The van der Waals surface area contributed by atoms with Gasteiger partial charge in [0.2, 0.25) is 12.0 Å². The molecule has 0 saturated carbocycles. The molecular formula is C5H5NO3. The highest BCUT2D eigenvalue weighted by molar-refractivity contribution is 5.85. The Hall–Kier alpha value is -1.50. The van der Waals surface area contributed by atoms with Gasteiger partial charge < -0.3 is 9.84 Å². The Morgan fingerprint density at radius 3 is 2.78 bits per heavy atom. The summed E-state index contributed by atoms with van der Waals surface area (Å²) in [5.41, 5.74) is 0. The summed E-state index contributed by atoms with van der Waals surface area (Å²) in [6.45, 7) is 6.18. The maximum absolute atomic E-state index is 10.2. The van der Waals surface area contributed by atoms with Gasteiger partial charge in [-0.15, -0.1) is 0 Å². The van der Waals surface area contributed by atoms with Gasteiger partial charge in [-0.25, -0.2) is 9.64 Å². The summed E-state index contributed by atoms with van der Waals surface area (Å²) in [5, 5.41) is 8.49. The van der Waals surface area contributed by atoms with Crippen molar-refractivity contribution >= 4 is 5.97 Å². The van der Waals surface area contributed by atoms with Crippen molar-refractivity contribution in [2.45, 2.75) is 0 Å². The maximum Gasteiger partial charge on any atom is 0.361 e. The molecule has 0 aromatic rings. The quantitative estimate of drug-likeness (QED) is 0.241. The van der Waals surface area contributed by atoms with Crippen molar-refractivity contribution in [3.8, 4) is 0 Å². The van der Waals surface area contributed by atoms with Crippen LogP contribution in [0.4, 0.5) is 0 Å². The van der Waals surface area contributed by atoms with E-state index in [0.29, 0.717) is 6.20 Å². The van der Waals surface area contributed by atoms with Gasteiger partial charge in [0.05, 0.1) is 13.7 Å². The zero-order valence-electron chi connectivity index (χ0n) is 4.79. The second-order valence-electron chi connectivity index (χ2n) is 1.14. The lowest BCUT2D eigenvalue weighted by Gasteiger charge is -1.92. The van der Waals surface area contributed by atoms with Crippen LogP contribution in [-0.2, 0) is 9.53 Å². The van der Waals surface area contributed by atoms with Crippen molar-refractivity contribution in [2.75, 3.05) is 7.11 Å². The summed E-state index contributed by atoms with van der Waals surface area (Å²) in [5.74, 6) is -1.57. The van der Waals surface area contributed by atoms with E-state index in [4.69, 9.17) is 11.7 Å². The number of aliphatic hydroxyl groups is 1. The minimum Gasteiger partial charge on any atom is -0.514 e. The van der Waals surface area contributed by atoms with E-state index in [1.807, 2.05) is 0 Å². The molecule has 0 aromatic carbocycles. The van der Waals surface area contributed by atoms with Crippen LogP contribution in [0.1, 0.15) is 0 Å². The highest BCUT2D eigenvalue weighted by Crippen LogP contribution is 1.90. The monoisotopic (exact) mass is 127 g/mol. The third-order valence-electron chi connectivity index (χ3n) is 0.581. The number of ether oxygens (including phenoxy) is 1. The molecule has 0 atom stereocenters. The van der Waals surface area contributed by atoms with Gasteiger partial charge in [-0.1, -0.05) is 0 Å². The summed E-state index contributed by atoms with van der Waals surface area (Å²) in [4.78, 5) is 12.9. The Labute approximate surface area is 52.2 Å². The lowest BCUT2D eigenvalue weighted by molar-refractivity contribution is -0.139. The van der Waals surface area contributed by atoms with Crippen LogP contribution >= 0.6 is 0 Å². The third kappa shape index (κ3) is 2.34. The summed E-state index contributed by atoms with van der Waals surface area (Å²) in [6, 6.07) is 0. The minimum absolute atomic E-state index is 0.674. The van der Waals surface area contributed by atoms with E-state index in [0.717, 1.165) is 7.11 Å². The zero-order chi connectivity index (χ0) is 7.28. The molecule has 0 rings (SSSR count). The lowest BCUT2D eigenvalue weighted by Crippen LogP contribution is -2.02. The Morgan fingerprint density at radius 1 is 1.89 bits per heavy atom. The number of carbonyl (C=O) groups excluding carboxylic acids is 1. The number of nitrogens with zero attached hydrogens (tertiary/aromatic N) is 1. The van der Waals surface area contributed by atoms with Crippen molar-refractivity contribution in [3.05, 3.63) is 23.4 Å². The van der Waals surface area contributed by atoms with E-state index >= 15 is 0 Å². The number of carbonyl (C=O) groups is 1. The number of aliphatic hydroxyl groups excluding tert-OH is 1. The molecule has 0 amide bonds. The first kappa shape index (κ1) is 7.50. The maximum atomic E-state index is 10.2. The van der Waals surface area contributed by atoms with Crippen LogP contribution in [0.25, 0.3) is 4.85 Å². The molecule has 0 aliphatic heterocycles. The minimum atomic E-state index is -0.897. The molecule has 0 spiro atoms. The topological polar surface area (TPSA) is 50.9 Å². The molecule has 1 N–H and O–H groups in total. The molecule has 0 aliphatic rings. The summed E-state index contributed by atoms with van der Waals surface area (Å²) in [7, 11) is 1.12. The number of hydrogen-bond donors (Lipinski definition) is 1. The molecule has 48 valence electrons. The Morgan fingerprint density at radius 2 is 2.44 bits per heavy atom. The molecule has 0 unspecified atom stereocenters. The van der Waals surface area contributed by atoms with E-state index in [1.165, 1.54) is 0 Å². The predicted octanol–water partition coefficient (Wildman–Crippen LogP) is 0.478. The molecule has 0 aromatic heterocycles. The summed E-state index contributed by atoms with van der Waals surface area (Å²) >= 11 is 0. The Balaban J connectivity index is 4.07. The van der Waals surface area contributed by atoms with E-state index in [9.17, 15) is 4.79 Å². The van der Waals surface area contributed by atoms with Crippen LogP contribution in [0.5, 0.6) is 0 Å². The average molecular weight is 127 g/mol. The van der Waals surface area contributed by atoms with Crippen LogP contribution in [0.15, 0.2) is 12.0 Å². The fraction of sp³-hybridized carbons (Fsp3) is 0.200. The first-order chi connectivity index (χ1) is 4.22. The van der Waals surface area contributed by atoms with Crippen molar-refractivity contribution in [3.63, 3.8) is 0 Å². The van der Waals surface area contributed by atoms with Gasteiger partial charge in [0, 0.05) is 0 Å². The molecule has 0 heterocycles. The van der Waals surface area contributed by atoms with Gasteiger partial charge in [-0.05, 0) is 0 Å². The Kier molecular flexibility index (Phi) is 2.91. The van der Waals surface area contributed by atoms with E-state index in [1.54, 1.807) is 0 Å². The van der Waals surface area contributed by atoms with E-state index in [2.05, 4.69) is 9.58 Å². The predicted molar refractivity (Wildman–Crippen MR) is 29.3 cm³/mol. The second-order valence-corrected chi connectivity index (χ2v) is 1.14. The molecule has 0 aliphatic carbocycles. The summed E-state index contributed by atoms with van der Waals surface area (Å²) in [6.07, 6.45) is 0.686. The van der Waals surface area contributed by atoms with Crippen molar-refractivity contribution < 1.29 is 14.6 Å². The van der Waals surface area contributed by atoms with Crippen LogP contribution in [0.2, 0.25) is 0 Å².